The highest BCUT2D eigenvalue weighted by molar-refractivity contribution is 5.98. The lowest BCUT2D eigenvalue weighted by molar-refractivity contribution is -0.123. The Balaban J connectivity index is 2.80. The van der Waals surface area contributed by atoms with E-state index in [2.05, 4.69) is 29.0 Å². The minimum atomic E-state index is -0.920. The van der Waals surface area contributed by atoms with Crippen molar-refractivity contribution in [1.29, 1.82) is 0 Å². The SMILES string of the molecule is CCC#CC#Cc1ccc(C(=O)N[C@H](C(=O)CO)[C@@H](C)N)cc1. The van der Waals surface area contributed by atoms with E-state index in [4.69, 9.17) is 10.8 Å². The first-order chi connectivity index (χ1) is 11.0. The Labute approximate surface area is 136 Å². The number of aliphatic hydroxyl groups is 1. The molecule has 0 bridgehead atoms. The largest absolute Gasteiger partial charge is 0.388 e. The summed E-state index contributed by atoms with van der Waals surface area (Å²) >= 11 is 0. The van der Waals surface area contributed by atoms with E-state index in [1.807, 2.05) is 6.92 Å². The van der Waals surface area contributed by atoms with Gasteiger partial charge in [0, 0.05) is 23.6 Å². The van der Waals surface area contributed by atoms with E-state index in [1.54, 1.807) is 31.2 Å². The molecule has 1 rings (SSSR count). The quantitative estimate of drug-likeness (QED) is 0.689. The van der Waals surface area contributed by atoms with Gasteiger partial charge in [0.1, 0.15) is 12.6 Å². The summed E-state index contributed by atoms with van der Waals surface area (Å²) in [6.45, 7) is 2.87. The number of carbonyl (C=O) groups is 2. The minimum Gasteiger partial charge on any atom is -0.388 e. The van der Waals surface area contributed by atoms with E-state index >= 15 is 0 Å². The summed E-state index contributed by atoms with van der Waals surface area (Å²) in [7, 11) is 0. The van der Waals surface area contributed by atoms with Crippen molar-refractivity contribution < 1.29 is 14.7 Å². The zero-order chi connectivity index (χ0) is 17.2. The molecule has 0 aromatic heterocycles. The fourth-order valence-corrected chi connectivity index (χ4v) is 1.77. The number of benzene rings is 1. The van der Waals surface area contributed by atoms with E-state index in [0.29, 0.717) is 5.56 Å². The Morgan fingerprint density at radius 3 is 2.43 bits per heavy atom. The van der Waals surface area contributed by atoms with Crippen molar-refractivity contribution in [2.45, 2.75) is 32.4 Å². The Bertz CT molecular complexity index is 670. The molecular weight excluding hydrogens is 292 g/mol. The third-order valence-electron chi connectivity index (χ3n) is 3.00. The van der Waals surface area contributed by atoms with E-state index < -0.39 is 30.4 Å². The molecule has 0 radical (unpaired) electrons. The Morgan fingerprint density at radius 2 is 1.91 bits per heavy atom. The molecule has 1 aromatic carbocycles. The van der Waals surface area contributed by atoms with E-state index in [1.165, 1.54) is 0 Å². The van der Waals surface area contributed by atoms with Crippen LogP contribution in [0.1, 0.15) is 36.2 Å². The summed E-state index contributed by atoms with van der Waals surface area (Å²) in [5.41, 5.74) is 6.78. The number of carbonyl (C=O) groups excluding carboxylic acids is 2. The maximum atomic E-state index is 12.1. The first-order valence-corrected chi connectivity index (χ1v) is 7.28. The average Bonchev–Trinajstić information content (AvgIpc) is 2.56. The molecule has 0 heterocycles. The van der Waals surface area contributed by atoms with Gasteiger partial charge in [0.15, 0.2) is 5.78 Å². The molecule has 0 saturated carbocycles. The lowest BCUT2D eigenvalue weighted by Gasteiger charge is -2.20. The van der Waals surface area contributed by atoms with Crippen molar-refractivity contribution in [3.8, 4) is 23.7 Å². The maximum absolute atomic E-state index is 12.1. The zero-order valence-corrected chi connectivity index (χ0v) is 13.2. The number of hydrogen-bond donors (Lipinski definition) is 3. The number of nitrogens with one attached hydrogen (secondary N) is 1. The molecule has 0 aliphatic heterocycles. The van der Waals surface area contributed by atoms with Crippen LogP contribution in [0.25, 0.3) is 0 Å². The van der Waals surface area contributed by atoms with Gasteiger partial charge in [-0.1, -0.05) is 18.8 Å². The van der Waals surface area contributed by atoms with Gasteiger partial charge in [0.25, 0.3) is 5.91 Å². The molecule has 0 spiro atoms. The number of ketones is 1. The summed E-state index contributed by atoms with van der Waals surface area (Å²) in [5, 5.41) is 11.4. The second kappa shape index (κ2) is 9.42. The Morgan fingerprint density at radius 1 is 1.26 bits per heavy atom. The monoisotopic (exact) mass is 312 g/mol. The van der Waals surface area contributed by atoms with Gasteiger partial charge >= 0.3 is 0 Å². The van der Waals surface area contributed by atoms with Crippen LogP contribution < -0.4 is 11.1 Å². The van der Waals surface area contributed by atoms with Crippen LogP contribution in [0.2, 0.25) is 0 Å². The predicted molar refractivity (Wildman–Crippen MR) is 88.4 cm³/mol. The van der Waals surface area contributed by atoms with Crippen molar-refractivity contribution in [2.75, 3.05) is 6.61 Å². The molecule has 0 unspecified atom stereocenters. The molecule has 5 heteroatoms. The highest BCUT2D eigenvalue weighted by atomic mass is 16.3. The molecule has 2 atom stereocenters. The number of nitrogens with two attached hydrogens (primary N) is 1. The summed E-state index contributed by atoms with van der Waals surface area (Å²) in [6, 6.07) is 5.09. The van der Waals surface area contributed by atoms with Crippen LogP contribution in [0.5, 0.6) is 0 Å². The van der Waals surface area contributed by atoms with Gasteiger partial charge in [-0.3, -0.25) is 9.59 Å². The lowest BCUT2D eigenvalue weighted by atomic mass is 10.1. The van der Waals surface area contributed by atoms with E-state index in [9.17, 15) is 9.59 Å². The molecular formula is C18H20N2O3. The summed E-state index contributed by atoms with van der Waals surface area (Å²) in [5.74, 6) is 10.2. The highest BCUT2D eigenvalue weighted by Crippen LogP contribution is 2.04. The molecule has 1 amide bonds. The van der Waals surface area contributed by atoms with E-state index in [-0.39, 0.29) is 0 Å². The highest BCUT2D eigenvalue weighted by Gasteiger charge is 2.24. The van der Waals surface area contributed by atoms with Crippen LogP contribution in [0.15, 0.2) is 24.3 Å². The zero-order valence-electron chi connectivity index (χ0n) is 13.2. The third-order valence-corrected chi connectivity index (χ3v) is 3.00. The van der Waals surface area contributed by atoms with Crippen LogP contribution in [0, 0.1) is 23.7 Å². The Hall–Kier alpha value is -2.60. The average molecular weight is 312 g/mol. The fourth-order valence-electron chi connectivity index (χ4n) is 1.77. The van der Waals surface area contributed by atoms with Crippen LogP contribution in [-0.2, 0) is 4.79 Å². The van der Waals surface area contributed by atoms with Gasteiger partial charge in [0.05, 0.1) is 0 Å². The van der Waals surface area contributed by atoms with Gasteiger partial charge in [-0.15, -0.1) is 0 Å². The number of rotatable bonds is 5. The second-order valence-electron chi connectivity index (χ2n) is 4.92. The minimum absolute atomic E-state index is 0.381. The summed E-state index contributed by atoms with van der Waals surface area (Å²) < 4.78 is 0. The number of Topliss-reactive ketones (excluding diaryl/α,β-unsaturated/α-hetero) is 1. The molecule has 23 heavy (non-hydrogen) atoms. The molecule has 5 nitrogen and oxygen atoms in total. The van der Waals surface area contributed by atoms with Crippen LogP contribution in [-0.4, -0.2) is 35.5 Å². The van der Waals surface area contributed by atoms with Gasteiger partial charge in [-0.05, 0) is 43.0 Å². The number of aliphatic hydroxyl groups excluding tert-OH is 1. The first kappa shape index (κ1) is 18.4. The molecule has 0 aliphatic carbocycles. The van der Waals surface area contributed by atoms with Gasteiger partial charge in [0.2, 0.25) is 0 Å². The molecule has 0 aliphatic rings. The van der Waals surface area contributed by atoms with Crippen LogP contribution in [0.3, 0.4) is 0 Å². The topological polar surface area (TPSA) is 92.4 Å². The maximum Gasteiger partial charge on any atom is 0.251 e. The second-order valence-corrected chi connectivity index (χ2v) is 4.92. The molecule has 0 fully saturated rings. The molecule has 4 N–H and O–H groups in total. The van der Waals surface area contributed by atoms with Crippen LogP contribution >= 0.6 is 0 Å². The molecule has 120 valence electrons. The van der Waals surface area contributed by atoms with Gasteiger partial charge < -0.3 is 16.2 Å². The van der Waals surface area contributed by atoms with Crippen molar-refractivity contribution in [1.82, 2.24) is 5.32 Å². The standard InChI is InChI=1S/C18H20N2O3/c1-3-4-5-6-7-14-8-10-15(11-9-14)18(23)20-17(13(2)19)16(22)12-21/h8-11,13,17,21H,3,12,19H2,1-2H3,(H,20,23)/t13-,17+/m1/s1. The third kappa shape index (κ3) is 5.96. The van der Waals surface area contributed by atoms with Gasteiger partial charge in [-0.2, -0.15) is 0 Å². The number of hydrogen-bond acceptors (Lipinski definition) is 4. The number of amides is 1. The van der Waals surface area contributed by atoms with Crippen molar-refractivity contribution in [3.05, 3.63) is 35.4 Å². The predicted octanol–water partition coefficient (Wildman–Crippen LogP) is 0.459. The fraction of sp³-hybridized carbons (Fsp3) is 0.333. The summed E-state index contributed by atoms with van der Waals surface area (Å²) in [4.78, 5) is 23.7. The first-order valence-electron chi connectivity index (χ1n) is 7.28. The van der Waals surface area contributed by atoms with E-state index in [0.717, 1.165) is 12.0 Å². The van der Waals surface area contributed by atoms with Crippen molar-refractivity contribution >= 4 is 11.7 Å². The normalized spacial score (nSPS) is 12.0. The summed E-state index contributed by atoms with van der Waals surface area (Å²) in [6.07, 6.45) is 0.751. The Kier molecular flexibility index (Phi) is 7.56. The van der Waals surface area contributed by atoms with Crippen molar-refractivity contribution in [2.24, 2.45) is 5.73 Å². The van der Waals surface area contributed by atoms with Crippen molar-refractivity contribution in [3.63, 3.8) is 0 Å². The van der Waals surface area contributed by atoms with Crippen LogP contribution in [0.4, 0.5) is 0 Å². The molecule has 1 aromatic rings. The smallest absolute Gasteiger partial charge is 0.251 e. The van der Waals surface area contributed by atoms with Gasteiger partial charge in [-0.25, -0.2) is 0 Å². The molecule has 0 saturated heterocycles. The lowest BCUT2D eigenvalue weighted by Crippen LogP contribution is -2.52.